The highest BCUT2D eigenvalue weighted by Gasteiger charge is 2.48. The first-order chi connectivity index (χ1) is 16.9. The van der Waals surface area contributed by atoms with Gasteiger partial charge in [-0.15, -0.1) is 16.8 Å². The van der Waals surface area contributed by atoms with Gasteiger partial charge in [-0.05, 0) is 23.6 Å². The maximum Gasteiger partial charge on any atom is 0.417 e. The van der Waals surface area contributed by atoms with Crippen LogP contribution in [-0.4, -0.2) is 71.3 Å². The summed E-state index contributed by atoms with van der Waals surface area (Å²) in [6.07, 6.45) is 3.93. The Bertz CT molecular complexity index is 1270. The molecule has 4 aliphatic heterocycles. The van der Waals surface area contributed by atoms with E-state index in [1.807, 2.05) is 11.0 Å². The van der Waals surface area contributed by atoms with Crippen molar-refractivity contribution in [3.8, 4) is 0 Å². The molecule has 0 N–H and O–H groups in total. The van der Waals surface area contributed by atoms with Crippen LogP contribution in [0.25, 0.3) is 10.8 Å². The fourth-order valence-corrected chi connectivity index (χ4v) is 6.60. The average molecular weight is 500 g/mol. The van der Waals surface area contributed by atoms with E-state index >= 15 is 0 Å². The molecule has 2 fully saturated rings. The minimum absolute atomic E-state index is 0.131. The van der Waals surface area contributed by atoms with E-state index in [4.69, 9.17) is 0 Å². The quantitative estimate of drug-likeness (QED) is 0.577. The van der Waals surface area contributed by atoms with Crippen molar-refractivity contribution >= 4 is 34.1 Å². The number of hydrogen-bond donors (Lipinski definition) is 0. The minimum Gasteiger partial charge on any atom is -0.368 e. The van der Waals surface area contributed by atoms with Crippen molar-refractivity contribution in [3.63, 3.8) is 0 Å². The van der Waals surface area contributed by atoms with Crippen LogP contribution < -0.4 is 4.90 Å². The van der Waals surface area contributed by atoms with Crippen LogP contribution in [0.4, 0.5) is 18.9 Å². The Morgan fingerprint density at radius 2 is 1.74 bits per heavy atom. The van der Waals surface area contributed by atoms with Gasteiger partial charge in [-0.25, -0.2) is 0 Å². The van der Waals surface area contributed by atoms with E-state index < -0.39 is 11.7 Å². The molecule has 4 aliphatic rings. The maximum atomic E-state index is 13.6. The van der Waals surface area contributed by atoms with Crippen molar-refractivity contribution in [2.75, 3.05) is 55.8 Å². The first-order valence-corrected chi connectivity index (χ1v) is 13.0. The van der Waals surface area contributed by atoms with Gasteiger partial charge in [-0.2, -0.15) is 17.8 Å². The Morgan fingerprint density at radius 1 is 0.971 bits per heavy atom. The lowest BCUT2D eigenvalue weighted by molar-refractivity contribution is -0.948. The van der Waals surface area contributed by atoms with Crippen LogP contribution in [0.3, 0.4) is 0 Å². The van der Waals surface area contributed by atoms with Crippen LogP contribution in [0.2, 0.25) is 0 Å². The molecule has 2 saturated heterocycles. The number of halogens is 3. The van der Waals surface area contributed by atoms with Gasteiger partial charge < -0.3 is 9.80 Å². The largest absolute Gasteiger partial charge is 0.417 e. The summed E-state index contributed by atoms with van der Waals surface area (Å²) in [5.74, 6) is 1.87. The molecule has 182 valence electrons. The average Bonchev–Trinajstić information content (AvgIpc) is 3.59. The Kier molecular flexibility index (Phi) is 5.47. The number of anilines is 1. The van der Waals surface area contributed by atoms with Crippen molar-refractivity contribution in [2.24, 2.45) is 0 Å². The van der Waals surface area contributed by atoms with Gasteiger partial charge in [0, 0.05) is 48.6 Å². The SMILES string of the molecule is O=C(C1=CC2=CC=C[N@@+]2(N2CCN(c3ccc(C(F)(F)F)c4ccccc34)CC2)C1)N1CCSC1. The van der Waals surface area contributed by atoms with Crippen LogP contribution >= 0.6 is 11.8 Å². The van der Waals surface area contributed by atoms with Gasteiger partial charge in [0.05, 0.1) is 30.1 Å². The summed E-state index contributed by atoms with van der Waals surface area (Å²) in [6.45, 7) is 4.30. The normalized spacial score (nSPS) is 24.8. The second-order valence-corrected chi connectivity index (χ2v) is 10.4. The summed E-state index contributed by atoms with van der Waals surface area (Å²) in [6, 6.07) is 9.58. The van der Waals surface area contributed by atoms with E-state index in [1.165, 1.54) is 6.07 Å². The van der Waals surface area contributed by atoms with E-state index in [0.29, 0.717) is 29.6 Å². The van der Waals surface area contributed by atoms with Crippen molar-refractivity contribution in [1.82, 2.24) is 9.91 Å². The molecule has 6 rings (SSSR count). The molecule has 9 heteroatoms. The fourth-order valence-electron chi connectivity index (χ4n) is 5.65. The highest BCUT2D eigenvalue weighted by Crippen LogP contribution is 2.41. The molecule has 0 unspecified atom stereocenters. The summed E-state index contributed by atoms with van der Waals surface area (Å²) in [5, 5.41) is 3.23. The smallest absolute Gasteiger partial charge is 0.368 e. The number of rotatable bonds is 3. The lowest BCUT2D eigenvalue weighted by atomic mass is 10.0. The molecule has 0 aliphatic carbocycles. The standard InChI is InChI=1S/C26H26F3N4OS/c27-26(28,29)23-7-8-24(22-6-2-1-5-21(22)23)30-9-11-32(12-10-30)33-14-3-4-20(33)16-19(17-33)25(34)31-13-15-35-18-31/h1-8,14,16H,9-13,15,17-18H2/q+1/t33-/m1/s1. The number of alkyl halides is 3. The van der Waals surface area contributed by atoms with Crippen molar-refractivity contribution in [2.45, 2.75) is 6.18 Å². The van der Waals surface area contributed by atoms with Crippen LogP contribution in [-0.2, 0) is 11.0 Å². The third-order valence-corrected chi connectivity index (χ3v) is 8.37. The first kappa shape index (κ1) is 22.7. The van der Waals surface area contributed by atoms with Gasteiger partial charge in [-0.1, -0.05) is 24.3 Å². The molecule has 5 nitrogen and oxygen atoms in total. The van der Waals surface area contributed by atoms with E-state index in [2.05, 4.69) is 28.3 Å². The molecule has 0 spiro atoms. The molecule has 2 aromatic rings. The number of allylic oxidation sites excluding steroid dienone is 3. The summed E-state index contributed by atoms with van der Waals surface area (Å²) >= 11 is 1.78. The van der Waals surface area contributed by atoms with Crippen LogP contribution in [0.1, 0.15) is 5.56 Å². The maximum absolute atomic E-state index is 13.6. The van der Waals surface area contributed by atoms with Crippen molar-refractivity contribution in [3.05, 3.63) is 77.7 Å². The van der Waals surface area contributed by atoms with Gasteiger partial charge >= 0.3 is 6.18 Å². The Labute approximate surface area is 206 Å². The topological polar surface area (TPSA) is 26.8 Å². The third-order valence-electron chi connectivity index (χ3n) is 7.40. The number of hydrogen-bond acceptors (Lipinski definition) is 4. The monoisotopic (exact) mass is 499 g/mol. The summed E-state index contributed by atoms with van der Waals surface area (Å²) in [7, 11) is 0. The molecule has 0 radical (unpaired) electrons. The van der Waals surface area contributed by atoms with Crippen LogP contribution in [0, 0.1) is 0 Å². The van der Waals surface area contributed by atoms with E-state index in [0.717, 1.165) is 48.2 Å². The van der Waals surface area contributed by atoms with Crippen molar-refractivity contribution in [1.29, 1.82) is 0 Å². The number of nitrogens with zero attached hydrogens (tertiary/aromatic N) is 4. The molecule has 0 bridgehead atoms. The zero-order chi connectivity index (χ0) is 24.2. The number of piperazine rings is 1. The molecular weight excluding hydrogens is 473 g/mol. The van der Waals surface area contributed by atoms with Gasteiger partial charge in [0.1, 0.15) is 12.7 Å². The number of thioether (sulfide) groups is 1. The van der Waals surface area contributed by atoms with E-state index in [9.17, 15) is 18.0 Å². The predicted octanol–water partition coefficient (Wildman–Crippen LogP) is 4.60. The van der Waals surface area contributed by atoms with Crippen LogP contribution in [0.15, 0.2) is 72.1 Å². The minimum atomic E-state index is -4.39. The molecule has 1 amide bonds. The molecule has 35 heavy (non-hydrogen) atoms. The Morgan fingerprint density at radius 3 is 2.46 bits per heavy atom. The van der Waals surface area contributed by atoms with Gasteiger partial charge in [0.15, 0.2) is 5.70 Å². The Hall–Kier alpha value is -2.75. The van der Waals surface area contributed by atoms with Gasteiger partial charge in [0.25, 0.3) is 5.91 Å². The highest BCUT2D eigenvalue weighted by molar-refractivity contribution is 7.99. The zero-order valence-corrected chi connectivity index (χ0v) is 20.0. The summed E-state index contributed by atoms with van der Waals surface area (Å²) in [5.41, 5.74) is 2.19. The molecule has 4 heterocycles. The zero-order valence-electron chi connectivity index (χ0n) is 19.2. The number of amides is 1. The van der Waals surface area contributed by atoms with Crippen molar-refractivity contribution < 1.29 is 22.6 Å². The molecule has 1 atom stereocenters. The molecule has 0 aromatic heterocycles. The molecule has 2 aromatic carbocycles. The van der Waals surface area contributed by atoms with Crippen LogP contribution in [0.5, 0.6) is 0 Å². The second kappa shape index (κ2) is 8.43. The van der Waals surface area contributed by atoms with Gasteiger partial charge in [-0.3, -0.25) is 4.79 Å². The fraction of sp³-hybridized carbons (Fsp3) is 0.346. The first-order valence-electron chi connectivity index (χ1n) is 11.8. The number of quaternary nitrogens is 1. The number of benzene rings is 2. The second-order valence-electron chi connectivity index (χ2n) is 9.31. The third kappa shape index (κ3) is 3.77. The summed E-state index contributed by atoms with van der Waals surface area (Å²) in [4.78, 5) is 17.1. The lowest BCUT2D eigenvalue weighted by Gasteiger charge is -2.44. The van der Waals surface area contributed by atoms with Gasteiger partial charge in [0.2, 0.25) is 0 Å². The highest BCUT2D eigenvalue weighted by atomic mass is 32.2. The number of carbonyl (C=O) groups excluding carboxylic acids is 1. The predicted molar refractivity (Wildman–Crippen MR) is 132 cm³/mol. The van der Waals surface area contributed by atoms with E-state index in [1.54, 1.807) is 42.1 Å². The summed E-state index contributed by atoms with van der Waals surface area (Å²) < 4.78 is 41.2. The Balaban J connectivity index is 1.21. The molecule has 0 saturated carbocycles. The lowest BCUT2D eigenvalue weighted by Crippen LogP contribution is -2.60. The van der Waals surface area contributed by atoms with E-state index in [-0.39, 0.29) is 11.3 Å². The molecular formula is C26H26F3N4OS+. The number of fused-ring (bicyclic) bond motifs is 2. The number of carbonyl (C=O) groups is 1.